The van der Waals surface area contributed by atoms with Crippen molar-refractivity contribution < 1.29 is 0 Å². The van der Waals surface area contributed by atoms with E-state index in [-0.39, 0.29) is 0 Å². The van der Waals surface area contributed by atoms with Gasteiger partial charge in [-0.1, -0.05) is 35.3 Å². The van der Waals surface area contributed by atoms with Gasteiger partial charge in [0.1, 0.15) is 11.0 Å². The number of benzene rings is 1. The van der Waals surface area contributed by atoms with Gasteiger partial charge in [0.25, 0.3) is 0 Å². The first-order valence-electron chi connectivity index (χ1n) is 4.70. The van der Waals surface area contributed by atoms with Crippen LogP contribution in [0.4, 0.5) is 5.82 Å². The molecule has 16 heavy (non-hydrogen) atoms. The van der Waals surface area contributed by atoms with Gasteiger partial charge in [-0.2, -0.15) is 0 Å². The molecule has 2 aromatic rings. The van der Waals surface area contributed by atoms with Crippen LogP contribution in [0.5, 0.6) is 0 Å². The third-order valence-electron chi connectivity index (χ3n) is 1.99. The van der Waals surface area contributed by atoms with E-state index in [0.717, 1.165) is 10.6 Å². The summed E-state index contributed by atoms with van der Waals surface area (Å²) in [4.78, 5) is 8.00. The molecule has 5 heteroatoms. The molecule has 0 aliphatic carbocycles. The van der Waals surface area contributed by atoms with Crippen molar-refractivity contribution in [2.75, 3.05) is 5.32 Å². The number of nitrogens with zero attached hydrogens (tertiary/aromatic N) is 2. The summed E-state index contributed by atoms with van der Waals surface area (Å²) < 4.78 is 0. The fourth-order valence-electron chi connectivity index (χ4n) is 1.22. The Morgan fingerprint density at radius 1 is 1.06 bits per heavy atom. The molecule has 82 valence electrons. The average Bonchev–Trinajstić information content (AvgIpc) is 2.28. The number of hydrogen-bond donors (Lipinski definition) is 1. The van der Waals surface area contributed by atoms with E-state index in [1.54, 1.807) is 6.20 Å². The minimum absolute atomic E-state index is 0.376. The quantitative estimate of drug-likeness (QED) is 0.912. The van der Waals surface area contributed by atoms with Gasteiger partial charge in [0, 0.05) is 11.6 Å². The lowest BCUT2D eigenvalue weighted by Gasteiger charge is -2.05. The zero-order chi connectivity index (χ0) is 11.4. The highest BCUT2D eigenvalue weighted by Crippen LogP contribution is 2.12. The Labute approximate surface area is 103 Å². The van der Waals surface area contributed by atoms with E-state index in [1.165, 1.54) is 6.20 Å². The van der Waals surface area contributed by atoms with Crippen molar-refractivity contribution >= 4 is 29.0 Å². The highest BCUT2D eigenvalue weighted by Gasteiger charge is 1.97. The van der Waals surface area contributed by atoms with E-state index in [4.69, 9.17) is 23.2 Å². The Bertz CT molecular complexity index is 471. The van der Waals surface area contributed by atoms with Gasteiger partial charge in [0.2, 0.25) is 0 Å². The maximum absolute atomic E-state index is 5.79. The third kappa shape index (κ3) is 3.08. The molecular formula is C11H9Cl2N3. The van der Waals surface area contributed by atoms with Gasteiger partial charge in [0.15, 0.2) is 0 Å². The first-order valence-corrected chi connectivity index (χ1v) is 5.45. The van der Waals surface area contributed by atoms with Crippen molar-refractivity contribution in [1.82, 2.24) is 9.97 Å². The minimum atomic E-state index is 0.376. The molecule has 0 bridgehead atoms. The molecule has 0 amide bonds. The molecule has 1 heterocycles. The van der Waals surface area contributed by atoms with Crippen LogP contribution in [0.3, 0.4) is 0 Å². The summed E-state index contributed by atoms with van der Waals surface area (Å²) in [5.74, 6) is 0.655. The van der Waals surface area contributed by atoms with Gasteiger partial charge in [0.05, 0.1) is 12.4 Å². The van der Waals surface area contributed by atoms with Crippen LogP contribution in [0.15, 0.2) is 36.7 Å². The monoisotopic (exact) mass is 253 g/mol. The van der Waals surface area contributed by atoms with Crippen molar-refractivity contribution in [3.63, 3.8) is 0 Å². The molecule has 0 unspecified atom stereocenters. The van der Waals surface area contributed by atoms with Crippen molar-refractivity contribution in [2.24, 2.45) is 0 Å². The normalized spacial score (nSPS) is 10.1. The fourth-order valence-corrected chi connectivity index (χ4v) is 1.50. The molecule has 1 aromatic carbocycles. The Morgan fingerprint density at radius 2 is 1.81 bits per heavy atom. The van der Waals surface area contributed by atoms with Crippen molar-refractivity contribution in [3.8, 4) is 0 Å². The summed E-state index contributed by atoms with van der Waals surface area (Å²) in [6, 6.07) is 7.60. The highest BCUT2D eigenvalue weighted by atomic mass is 35.5. The van der Waals surface area contributed by atoms with E-state index in [2.05, 4.69) is 15.3 Å². The molecule has 2 rings (SSSR count). The van der Waals surface area contributed by atoms with E-state index in [9.17, 15) is 0 Å². The van der Waals surface area contributed by atoms with Gasteiger partial charge in [-0.25, -0.2) is 4.98 Å². The van der Waals surface area contributed by atoms with E-state index in [0.29, 0.717) is 17.5 Å². The van der Waals surface area contributed by atoms with E-state index < -0.39 is 0 Å². The van der Waals surface area contributed by atoms with Crippen LogP contribution in [0, 0.1) is 0 Å². The molecule has 3 nitrogen and oxygen atoms in total. The zero-order valence-corrected chi connectivity index (χ0v) is 9.83. The van der Waals surface area contributed by atoms with Crippen LogP contribution in [-0.2, 0) is 6.54 Å². The van der Waals surface area contributed by atoms with Crippen LogP contribution < -0.4 is 5.32 Å². The maximum atomic E-state index is 5.79. The molecule has 0 spiro atoms. The summed E-state index contributed by atoms with van der Waals surface area (Å²) in [5, 5.41) is 4.22. The van der Waals surface area contributed by atoms with Crippen LogP contribution in [0.1, 0.15) is 5.56 Å². The Hall–Kier alpha value is -1.32. The summed E-state index contributed by atoms with van der Waals surface area (Å²) in [6.45, 7) is 0.659. The topological polar surface area (TPSA) is 37.8 Å². The van der Waals surface area contributed by atoms with Crippen LogP contribution >= 0.6 is 23.2 Å². The molecular weight excluding hydrogens is 245 g/mol. The van der Waals surface area contributed by atoms with Gasteiger partial charge >= 0.3 is 0 Å². The molecule has 0 radical (unpaired) electrons. The molecule has 0 aliphatic rings. The van der Waals surface area contributed by atoms with Crippen molar-refractivity contribution in [3.05, 3.63) is 52.4 Å². The van der Waals surface area contributed by atoms with Crippen molar-refractivity contribution in [2.45, 2.75) is 6.54 Å². The molecule has 1 N–H and O–H groups in total. The van der Waals surface area contributed by atoms with Crippen LogP contribution in [0.2, 0.25) is 10.2 Å². The number of nitrogens with one attached hydrogen (secondary N) is 1. The fraction of sp³-hybridized carbons (Fsp3) is 0.0909. The molecule has 0 fully saturated rings. The molecule has 0 atom stereocenters. The van der Waals surface area contributed by atoms with Gasteiger partial charge in [-0.05, 0) is 17.7 Å². The van der Waals surface area contributed by atoms with Gasteiger partial charge in [-0.15, -0.1) is 0 Å². The number of hydrogen-bond acceptors (Lipinski definition) is 3. The smallest absolute Gasteiger partial charge is 0.149 e. The Balaban J connectivity index is 1.99. The first kappa shape index (κ1) is 11.2. The van der Waals surface area contributed by atoms with E-state index >= 15 is 0 Å². The first-order chi connectivity index (χ1) is 7.74. The van der Waals surface area contributed by atoms with E-state index in [1.807, 2.05) is 24.3 Å². The van der Waals surface area contributed by atoms with Gasteiger partial charge in [-0.3, -0.25) is 4.98 Å². The predicted octanol–water partition coefficient (Wildman–Crippen LogP) is 3.40. The second-order valence-corrected chi connectivity index (χ2v) is 4.03. The SMILES string of the molecule is Clc1ccc(CNc2cncc(Cl)n2)cc1. The van der Waals surface area contributed by atoms with Gasteiger partial charge < -0.3 is 5.32 Å². The van der Waals surface area contributed by atoms with Crippen LogP contribution in [-0.4, -0.2) is 9.97 Å². The lowest BCUT2D eigenvalue weighted by Crippen LogP contribution is -2.01. The number of rotatable bonds is 3. The van der Waals surface area contributed by atoms with Crippen LogP contribution in [0.25, 0.3) is 0 Å². The zero-order valence-electron chi connectivity index (χ0n) is 8.32. The average molecular weight is 254 g/mol. The maximum Gasteiger partial charge on any atom is 0.149 e. The Morgan fingerprint density at radius 3 is 2.50 bits per heavy atom. The molecule has 1 aromatic heterocycles. The highest BCUT2D eigenvalue weighted by molar-refractivity contribution is 6.30. The number of aromatic nitrogens is 2. The minimum Gasteiger partial charge on any atom is -0.365 e. The largest absolute Gasteiger partial charge is 0.365 e. The molecule has 0 saturated heterocycles. The number of halogens is 2. The summed E-state index contributed by atoms with van der Waals surface area (Å²) in [6.07, 6.45) is 3.12. The summed E-state index contributed by atoms with van der Waals surface area (Å²) in [7, 11) is 0. The molecule has 0 aliphatic heterocycles. The number of anilines is 1. The van der Waals surface area contributed by atoms with Crippen molar-refractivity contribution in [1.29, 1.82) is 0 Å². The lowest BCUT2D eigenvalue weighted by atomic mass is 10.2. The second kappa shape index (κ2) is 5.14. The predicted molar refractivity (Wildman–Crippen MR) is 65.8 cm³/mol. The summed E-state index contributed by atoms with van der Waals surface area (Å²) in [5.41, 5.74) is 1.12. The Kier molecular flexibility index (Phi) is 3.59. The second-order valence-electron chi connectivity index (χ2n) is 3.21. The molecule has 0 saturated carbocycles. The standard InChI is InChI=1S/C11H9Cl2N3/c12-9-3-1-8(2-4-9)5-15-11-7-14-6-10(13)16-11/h1-4,6-7H,5H2,(H,15,16). The third-order valence-corrected chi connectivity index (χ3v) is 2.43. The lowest BCUT2D eigenvalue weighted by molar-refractivity contribution is 1.09. The summed E-state index contributed by atoms with van der Waals surface area (Å²) >= 11 is 11.5.